The fraction of sp³-hybridized carbons (Fsp3) is 0.250. The zero-order valence-electron chi connectivity index (χ0n) is 20.2. The van der Waals surface area contributed by atoms with E-state index in [2.05, 4.69) is 117 Å². The van der Waals surface area contributed by atoms with Gasteiger partial charge in [-0.15, -0.1) is 0 Å². The van der Waals surface area contributed by atoms with Crippen molar-refractivity contribution in [2.75, 3.05) is 12.3 Å². The Kier molecular flexibility index (Phi) is 4.98. The van der Waals surface area contributed by atoms with Crippen LogP contribution in [0.4, 0.5) is 0 Å². The normalized spacial score (nSPS) is 20.6. The average molecular weight is 465 g/mol. The van der Waals surface area contributed by atoms with E-state index in [4.69, 9.17) is 4.74 Å². The average Bonchev–Trinajstić information content (AvgIpc) is 2.90. The molecule has 0 spiro atoms. The Hall–Kier alpha value is -2.89. The molecule has 1 saturated heterocycles. The van der Waals surface area contributed by atoms with E-state index < -0.39 is 6.60 Å². The predicted molar refractivity (Wildman–Crippen MR) is 147 cm³/mol. The zero-order valence-corrected chi connectivity index (χ0v) is 21.1. The molecule has 0 bridgehead atoms. The van der Waals surface area contributed by atoms with Crippen LogP contribution in [0.5, 0.6) is 11.5 Å². The van der Waals surface area contributed by atoms with Crippen molar-refractivity contribution >= 4 is 22.5 Å². The van der Waals surface area contributed by atoms with E-state index in [-0.39, 0.29) is 5.41 Å². The molecule has 4 aromatic carbocycles. The Labute approximate surface area is 203 Å². The van der Waals surface area contributed by atoms with Gasteiger partial charge in [0.15, 0.2) is 0 Å². The molecule has 0 amide bonds. The third kappa shape index (κ3) is 2.83. The summed E-state index contributed by atoms with van der Waals surface area (Å²) in [5.74, 6) is 2.11. The monoisotopic (exact) mass is 464 g/mol. The molecule has 2 heterocycles. The number of para-hydroxylation sites is 2. The maximum atomic E-state index is 6.92. The van der Waals surface area contributed by atoms with Gasteiger partial charge < -0.3 is 0 Å². The van der Waals surface area contributed by atoms with Gasteiger partial charge in [-0.1, -0.05) is 0 Å². The van der Waals surface area contributed by atoms with E-state index in [1.807, 2.05) is 0 Å². The molecule has 34 heavy (non-hydrogen) atoms. The molecular formula is C32H33OP. The topological polar surface area (TPSA) is 9.23 Å². The molecule has 0 N–H and O–H groups in total. The minimum atomic E-state index is -2.77. The molecule has 0 radical (unpaired) electrons. The van der Waals surface area contributed by atoms with Crippen LogP contribution in [0, 0.1) is 0 Å². The summed E-state index contributed by atoms with van der Waals surface area (Å²) < 4.78 is 6.92. The second-order valence-corrected chi connectivity index (χ2v) is 16.0. The molecule has 172 valence electrons. The standard InChI is InChI=1S/C32H33OP/c1-32(2)27-19-10-11-21-29(27)33-31-28(32)20-14-22-30(31)34(23-12-5-13-24-34,25-15-6-3-7-16-25)26-17-8-4-9-18-26/h3-4,6-11,14-22H,5,12-13,23-24H2,1-2H3. The van der Waals surface area contributed by atoms with Crippen LogP contribution in [0.1, 0.15) is 44.2 Å². The van der Waals surface area contributed by atoms with E-state index >= 15 is 0 Å². The van der Waals surface area contributed by atoms with Crippen molar-refractivity contribution in [2.24, 2.45) is 0 Å². The van der Waals surface area contributed by atoms with Gasteiger partial charge in [-0.05, 0) is 0 Å². The minimum absolute atomic E-state index is 0.113. The fourth-order valence-corrected chi connectivity index (χ4v) is 14.2. The summed E-state index contributed by atoms with van der Waals surface area (Å²) in [5, 5.41) is 4.46. The van der Waals surface area contributed by atoms with Gasteiger partial charge in [0.25, 0.3) is 0 Å². The van der Waals surface area contributed by atoms with Gasteiger partial charge in [0.05, 0.1) is 0 Å². The number of fused-ring (bicyclic) bond motifs is 2. The van der Waals surface area contributed by atoms with Crippen LogP contribution in [0.25, 0.3) is 0 Å². The SMILES string of the molecule is CC1(C)c2ccccc2Oc2c1cccc2P1(c2ccccc2)(c2ccccc2)CCCCC1. The van der Waals surface area contributed by atoms with Crippen LogP contribution >= 0.6 is 6.60 Å². The predicted octanol–water partition coefficient (Wildman–Crippen LogP) is 7.13. The zero-order chi connectivity index (χ0) is 23.3. The molecule has 1 fully saturated rings. The van der Waals surface area contributed by atoms with E-state index in [1.54, 1.807) is 0 Å². The number of hydrogen-bond acceptors (Lipinski definition) is 1. The molecule has 0 aliphatic carbocycles. The molecule has 0 atom stereocenters. The van der Waals surface area contributed by atoms with E-state index in [9.17, 15) is 0 Å². The fourth-order valence-electron chi connectivity index (χ4n) is 6.85. The number of rotatable bonds is 3. The summed E-state index contributed by atoms with van der Waals surface area (Å²) in [7, 11) is 0. The Bertz CT molecular complexity index is 1290. The van der Waals surface area contributed by atoms with Crippen molar-refractivity contribution in [2.45, 2.75) is 38.5 Å². The first-order chi connectivity index (χ1) is 16.6. The van der Waals surface area contributed by atoms with Gasteiger partial charge in [0, 0.05) is 0 Å². The quantitative estimate of drug-likeness (QED) is 0.293. The second-order valence-electron chi connectivity index (χ2n) is 10.6. The molecule has 0 unspecified atom stereocenters. The van der Waals surface area contributed by atoms with Gasteiger partial charge in [-0.25, -0.2) is 0 Å². The molecular weight excluding hydrogens is 431 g/mol. The second kappa shape index (κ2) is 7.82. The van der Waals surface area contributed by atoms with Gasteiger partial charge in [-0.3, -0.25) is 0 Å². The van der Waals surface area contributed by atoms with Gasteiger partial charge in [0.2, 0.25) is 0 Å². The molecule has 0 aromatic heterocycles. The van der Waals surface area contributed by atoms with Gasteiger partial charge >= 0.3 is 204 Å². The summed E-state index contributed by atoms with van der Waals surface area (Å²) in [4.78, 5) is 0. The van der Waals surface area contributed by atoms with Crippen molar-refractivity contribution < 1.29 is 4.74 Å². The molecule has 2 heteroatoms. The Morgan fingerprint density at radius 2 is 1.15 bits per heavy atom. The van der Waals surface area contributed by atoms with Crippen molar-refractivity contribution in [3.05, 3.63) is 114 Å². The van der Waals surface area contributed by atoms with Crippen molar-refractivity contribution in [1.82, 2.24) is 0 Å². The summed E-state index contributed by atoms with van der Waals surface area (Å²) in [6.07, 6.45) is 6.24. The van der Waals surface area contributed by atoms with E-state index in [1.165, 1.54) is 58.6 Å². The summed E-state index contributed by atoms with van der Waals surface area (Å²) in [5.41, 5.74) is 2.47. The van der Waals surface area contributed by atoms with Crippen LogP contribution in [-0.2, 0) is 5.41 Å². The van der Waals surface area contributed by atoms with Gasteiger partial charge in [-0.2, -0.15) is 0 Å². The third-order valence-electron chi connectivity index (χ3n) is 8.58. The van der Waals surface area contributed by atoms with Crippen LogP contribution in [-0.4, -0.2) is 12.3 Å². The number of benzene rings is 4. The Morgan fingerprint density at radius 1 is 0.588 bits per heavy atom. The van der Waals surface area contributed by atoms with Crippen LogP contribution in [0.15, 0.2) is 103 Å². The molecule has 4 aromatic rings. The molecule has 6 rings (SSSR count). The first-order valence-corrected chi connectivity index (χ1v) is 15.2. The number of hydrogen-bond donors (Lipinski definition) is 0. The maximum absolute atomic E-state index is 6.92. The van der Waals surface area contributed by atoms with Crippen LogP contribution in [0.3, 0.4) is 0 Å². The molecule has 0 saturated carbocycles. The van der Waals surface area contributed by atoms with E-state index in [0.29, 0.717) is 0 Å². The summed E-state index contributed by atoms with van der Waals surface area (Å²) in [6, 6.07) is 38.4. The first-order valence-electron chi connectivity index (χ1n) is 12.6. The number of ether oxygens (including phenoxy) is 1. The molecule has 2 aliphatic heterocycles. The third-order valence-corrected chi connectivity index (χ3v) is 15.8. The molecule has 2 aliphatic rings. The Balaban J connectivity index is 1.74. The van der Waals surface area contributed by atoms with Crippen molar-refractivity contribution in [1.29, 1.82) is 0 Å². The van der Waals surface area contributed by atoms with E-state index in [0.717, 1.165) is 11.5 Å². The van der Waals surface area contributed by atoms with Crippen LogP contribution < -0.4 is 20.7 Å². The summed E-state index contributed by atoms with van der Waals surface area (Å²) >= 11 is 0. The van der Waals surface area contributed by atoms with Crippen LogP contribution in [0.2, 0.25) is 0 Å². The van der Waals surface area contributed by atoms with Crippen molar-refractivity contribution in [3.8, 4) is 11.5 Å². The van der Waals surface area contributed by atoms with Crippen molar-refractivity contribution in [3.63, 3.8) is 0 Å². The Morgan fingerprint density at radius 3 is 1.79 bits per heavy atom. The first kappa shape index (κ1) is 21.6. The molecule has 1 nitrogen and oxygen atoms in total. The summed E-state index contributed by atoms with van der Waals surface area (Å²) in [6.45, 7) is 1.93. The van der Waals surface area contributed by atoms with Gasteiger partial charge in [0.1, 0.15) is 0 Å².